The van der Waals surface area contributed by atoms with Crippen LogP contribution in [0.4, 0.5) is 0 Å². The van der Waals surface area contributed by atoms with Crippen LogP contribution in [0.25, 0.3) is 11.1 Å². The zero-order valence-corrected chi connectivity index (χ0v) is 5.28. The molecule has 0 saturated heterocycles. The summed E-state index contributed by atoms with van der Waals surface area (Å²) in [4.78, 5) is 0. The number of hydrogen-bond acceptors (Lipinski definition) is 3. The fourth-order valence-electron chi connectivity index (χ4n) is 0.769. The Kier molecular flexibility index (Phi) is 1.94. The Morgan fingerprint density at radius 2 is 1.80 bits per heavy atom. The summed E-state index contributed by atoms with van der Waals surface area (Å²) < 4.78 is 0. The van der Waals surface area contributed by atoms with Gasteiger partial charge in [0.15, 0.2) is 0 Å². The van der Waals surface area contributed by atoms with Gasteiger partial charge in [-0.15, -0.1) is 0 Å². The van der Waals surface area contributed by atoms with Gasteiger partial charge in [0.1, 0.15) is 5.75 Å². The first-order valence-corrected chi connectivity index (χ1v) is 2.84. The van der Waals surface area contributed by atoms with Gasteiger partial charge in [0.2, 0.25) is 0 Å². The van der Waals surface area contributed by atoms with Gasteiger partial charge in [-0.05, 0) is 11.6 Å². The summed E-state index contributed by atoms with van der Waals surface area (Å²) in [7, 11) is -0.750. The van der Waals surface area contributed by atoms with E-state index in [4.69, 9.17) is 15.2 Å². The van der Waals surface area contributed by atoms with E-state index in [0.29, 0.717) is 5.75 Å². The Hall–Kier alpha value is -0.995. The molecule has 52 valence electrons. The molecule has 0 fully saturated rings. The number of benzene rings is 1. The zero-order valence-electron chi connectivity index (χ0n) is 5.28. The van der Waals surface area contributed by atoms with E-state index in [1.54, 1.807) is 6.07 Å². The molecule has 0 unspecified atom stereocenters. The van der Waals surface area contributed by atoms with Crippen LogP contribution in [0.2, 0.25) is 0 Å². The van der Waals surface area contributed by atoms with Crippen molar-refractivity contribution in [2.75, 3.05) is 0 Å². The molecule has 3 N–H and O–H groups in total. The molecule has 4 heteroatoms. The van der Waals surface area contributed by atoms with Gasteiger partial charge in [0.25, 0.3) is 0 Å². The molecule has 0 spiro atoms. The first-order chi connectivity index (χ1) is 4.79. The minimum atomic E-state index is -0.750. The molecule has 0 aromatic rings. The van der Waals surface area contributed by atoms with Crippen LogP contribution < -0.4 is 0 Å². The van der Waals surface area contributed by atoms with Crippen LogP contribution in [0.5, 0.6) is 5.75 Å². The number of hydrogen-bond donors (Lipinski definition) is 3. The van der Waals surface area contributed by atoms with Gasteiger partial charge < -0.3 is 15.2 Å². The quantitative estimate of drug-likeness (QED) is 0.434. The van der Waals surface area contributed by atoms with Crippen LogP contribution in [-0.4, -0.2) is 22.8 Å². The molecule has 2 aliphatic carbocycles. The van der Waals surface area contributed by atoms with Crippen molar-refractivity contribution in [1.29, 1.82) is 0 Å². The van der Waals surface area contributed by atoms with Crippen molar-refractivity contribution in [3.63, 3.8) is 0 Å². The van der Waals surface area contributed by atoms with Crippen LogP contribution >= 0.6 is 0 Å². The average molecular weight is 138 g/mol. The van der Waals surface area contributed by atoms with Crippen LogP contribution in [-0.2, 0) is 0 Å². The maximum Gasteiger partial charge on any atom is 0.432 e. The molecule has 2 aliphatic rings. The summed E-state index contributed by atoms with van der Waals surface area (Å²) in [6.45, 7) is 0. The van der Waals surface area contributed by atoms with E-state index >= 15 is 0 Å². The van der Waals surface area contributed by atoms with E-state index in [1.807, 2.05) is 12.1 Å². The lowest BCUT2D eigenvalue weighted by molar-refractivity contribution is 0.448. The van der Waals surface area contributed by atoms with Crippen molar-refractivity contribution in [2.24, 2.45) is 0 Å². The van der Waals surface area contributed by atoms with Gasteiger partial charge in [0, 0.05) is 5.56 Å². The third-order valence-corrected chi connectivity index (χ3v) is 1.31. The van der Waals surface area contributed by atoms with E-state index < -0.39 is 7.69 Å². The largest absolute Gasteiger partial charge is 0.507 e. The predicted molar refractivity (Wildman–Crippen MR) is 38.7 cm³/mol. The topological polar surface area (TPSA) is 60.7 Å². The summed E-state index contributed by atoms with van der Waals surface area (Å²) in [5.41, 5.74) is 2.22. The molecule has 0 heterocycles. The molecular weight excluding hydrogens is 131 g/mol. The number of fused-ring (bicyclic) bond motifs is 1. The summed E-state index contributed by atoms with van der Waals surface area (Å²) >= 11 is 0. The van der Waals surface area contributed by atoms with Gasteiger partial charge in [-0.3, -0.25) is 0 Å². The number of phenolic OH excluding ortho intramolecular Hbond substituents is 1. The Labute approximate surface area is 58.9 Å². The minimum absolute atomic E-state index is 0.442. The molecule has 0 aromatic carbocycles. The fourth-order valence-corrected chi connectivity index (χ4v) is 0.769. The average Bonchev–Trinajstić information content (AvgIpc) is 1.84. The lowest BCUT2D eigenvalue weighted by atomic mass is 9.93. The fraction of sp³-hybridized carbons (Fsp3) is 0. The Bertz CT molecular complexity index is 236. The standard InChI is InChI=1S/C6H4O.BH3O2/c7-6-3-4-1-2-5(4)6;2-1-3/h1-3,7H;1-3H. The Morgan fingerprint density at radius 1 is 1.20 bits per heavy atom. The molecule has 10 heavy (non-hydrogen) atoms. The molecule has 3 nitrogen and oxygen atoms in total. The van der Waals surface area contributed by atoms with Crippen molar-refractivity contribution < 1.29 is 15.2 Å². The van der Waals surface area contributed by atoms with Crippen LogP contribution in [0.15, 0.2) is 18.2 Å². The maximum absolute atomic E-state index is 8.69. The molecular formula is C6H7BO3. The minimum Gasteiger partial charge on any atom is -0.507 e. The number of phenols is 1. The smallest absolute Gasteiger partial charge is 0.432 e. The van der Waals surface area contributed by atoms with Gasteiger partial charge >= 0.3 is 7.69 Å². The highest BCUT2D eigenvalue weighted by Gasteiger charge is 2.14. The van der Waals surface area contributed by atoms with Gasteiger partial charge in [-0.1, -0.05) is 12.1 Å². The first kappa shape index (κ1) is 7.12. The second-order valence-electron chi connectivity index (χ2n) is 1.87. The third kappa shape index (κ3) is 0.986. The first-order valence-electron chi connectivity index (χ1n) is 2.84. The monoisotopic (exact) mass is 138 g/mol. The van der Waals surface area contributed by atoms with E-state index in [-0.39, 0.29) is 0 Å². The highest BCUT2D eigenvalue weighted by atomic mass is 16.4. The Morgan fingerprint density at radius 3 is 1.80 bits per heavy atom. The highest BCUT2D eigenvalue weighted by molar-refractivity contribution is 6.13. The van der Waals surface area contributed by atoms with E-state index in [2.05, 4.69) is 0 Å². The van der Waals surface area contributed by atoms with Gasteiger partial charge in [-0.2, -0.15) is 0 Å². The summed E-state index contributed by atoms with van der Waals surface area (Å²) in [6.07, 6.45) is 0. The van der Waals surface area contributed by atoms with Crippen molar-refractivity contribution in [1.82, 2.24) is 0 Å². The summed E-state index contributed by atoms with van der Waals surface area (Å²) in [5.74, 6) is 0.442. The second-order valence-corrected chi connectivity index (χ2v) is 1.87. The second kappa shape index (κ2) is 2.73. The lowest BCUT2D eigenvalue weighted by Crippen LogP contribution is -1.88. The van der Waals surface area contributed by atoms with Crippen LogP contribution in [0.1, 0.15) is 0 Å². The number of rotatable bonds is 0. The number of aromatic hydroxyl groups is 1. The zero-order chi connectivity index (χ0) is 7.56. The maximum atomic E-state index is 8.69. The normalized spacial score (nSPS) is 9.40. The van der Waals surface area contributed by atoms with Gasteiger partial charge in [-0.25, -0.2) is 0 Å². The SMILES string of the molecule is OBO.Oc1cc2ccc1-2. The molecule has 2 rings (SSSR count). The highest BCUT2D eigenvalue weighted by Crippen LogP contribution is 2.41. The molecule has 0 bridgehead atoms. The predicted octanol–water partition coefficient (Wildman–Crippen LogP) is -0.390. The molecule has 0 radical (unpaired) electrons. The van der Waals surface area contributed by atoms with Crippen LogP contribution in [0.3, 0.4) is 0 Å². The summed E-state index contributed by atoms with van der Waals surface area (Å²) in [6, 6.07) is 5.65. The molecule has 0 atom stereocenters. The van der Waals surface area contributed by atoms with Crippen molar-refractivity contribution in [3.05, 3.63) is 18.2 Å². The molecule has 0 aromatic heterocycles. The Balaban J connectivity index is 0.000000148. The van der Waals surface area contributed by atoms with Crippen molar-refractivity contribution >= 4 is 7.69 Å². The van der Waals surface area contributed by atoms with E-state index in [1.165, 1.54) is 5.56 Å². The lowest BCUT2D eigenvalue weighted by Gasteiger charge is -2.14. The van der Waals surface area contributed by atoms with Gasteiger partial charge in [0.05, 0.1) is 0 Å². The molecule has 0 saturated carbocycles. The molecule has 0 amide bonds. The third-order valence-electron chi connectivity index (χ3n) is 1.31. The van der Waals surface area contributed by atoms with Crippen LogP contribution in [0, 0.1) is 0 Å². The molecule has 0 aliphatic heterocycles. The van der Waals surface area contributed by atoms with E-state index in [0.717, 1.165) is 5.56 Å². The van der Waals surface area contributed by atoms with E-state index in [9.17, 15) is 0 Å². The van der Waals surface area contributed by atoms with Crippen molar-refractivity contribution in [3.8, 4) is 16.9 Å². The summed E-state index contributed by atoms with van der Waals surface area (Å²) in [5, 5.41) is 22.9. The van der Waals surface area contributed by atoms with Crippen molar-refractivity contribution in [2.45, 2.75) is 0 Å².